The Morgan fingerprint density at radius 2 is 2.03 bits per heavy atom. The number of halogens is 3. The van der Waals surface area contributed by atoms with Gasteiger partial charge in [-0.3, -0.25) is 4.79 Å². The van der Waals surface area contributed by atoms with Gasteiger partial charge in [0, 0.05) is 19.7 Å². The van der Waals surface area contributed by atoms with Crippen LogP contribution in [0.2, 0.25) is 5.15 Å². The molecule has 164 valence electrons. The maximum absolute atomic E-state index is 14.0. The summed E-state index contributed by atoms with van der Waals surface area (Å²) in [6.45, 7) is 1.94. The first-order chi connectivity index (χ1) is 15.3. The zero-order valence-corrected chi connectivity index (χ0v) is 17.8. The van der Waals surface area contributed by atoms with Gasteiger partial charge in [-0.25, -0.2) is 18.4 Å². The van der Waals surface area contributed by atoms with E-state index in [2.05, 4.69) is 30.8 Å². The SMILES string of the molecule is Cn1ncc(C(C)(CNC(=O)c2cn(-c3ccc(F)cc3F)nn2)c2cccc(Cl)n2)n1. The van der Waals surface area contributed by atoms with E-state index in [9.17, 15) is 13.6 Å². The number of rotatable bonds is 6. The van der Waals surface area contributed by atoms with E-state index in [0.717, 1.165) is 16.8 Å². The highest BCUT2D eigenvalue weighted by Gasteiger charge is 2.34. The standard InChI is InChI=1S/C20H17ClF2N8O/c1-20(17-9-25-30(2)28-17,16-4-3-5-18(21)26-16)11-24-19(32)14-10-31(29-27-14)15-7-6-12(22)8-13(15)23/h3-10H,11H2,1-2H3,(H,24,32). The van der Waals surface area contributed by atoms with Crippen LogP contribution in [0.4, 0.5) is 8.78 Å². The Morgan fingerprint density at radius 1 is 1.22 bits per heavy atom. The third-order valence-corrected chi connectivity index (χ3v) is 5.14. The number of pyridine rings is 1. The molecule has 9 nitrogen and oxygen atoms in total. The van der Waals surface area contributed by atoms with E-state index in [4.69, 9.17) is 11.6 Å². The van der Waals surface area contributed by atoms with Crippen LogP contribution in [0, 0.1) is 11.6 Å². The van der Waals surface area contributed by atoms with Crippen LogP contribution in [-0.4, -0.2) is 47.4 Å². The number of benzene rings is 1. The Balaban J connectivity index is 1.58. The van der Waals surface area contributed by atoms with Gasteiger partial charge in [0.25, 0.3) is 5.91 Å². The summed E-state index contributed by atoms with van der Waals surface area (Å²) in [7, 11) is 1.68. The summed E-state index contributed by atoms with van der Waals surface area (Å²) < 4.78 is 28.2. The molecule has 0 aliphatic heterocycles. The number of carbonyl (C=O) groups excluding carboxylic acids is 1. The Kier molecular flexibility index (Phi) is 5.66. The monoisotopic (exact) mass is 458 g/mol. The van der Waals surface area contributed by atoms with Crippen LogP contribution in [0.3, 0.4) is 0 Å². The topological polar surface area (TPSA) is 103 Å². The molecule has 32 heavy (non-hydrogen) atoms. The van der Waals surface area contributed by atoms with Crippen molar-refractivity contribution in [3.63, 3.8) is 0 Å². The molecule has 1 aromatic carbocycles. The molecule has 1 unspecified atom stereocenters. The number of aryl methyl sites for hydroxylation is 1. The van der Waals surface area contributed by atoms with Crippen molar-refractivity contribution < 1.29 is 13.6 Å². The smallest absolute Gasteiger partial charge is 0.273 e. The maximum atomic E-state index is 14.0. The number of hydrogen-bond acceptors (Lipinski definition) is 6. The normalized spacial score (nSPS) is 13.0. The number of nitrogens with one attached hydrogen (secondary N) is 1. The second kappa shape index (κ2) is 8.42. The molecule has 0 aliphatic carbocycles. The van der Waals surface area contributed by atoms with Gasteiger partial charge in [-0.05, 0) is 31.2 Å². The summed E-state index contributed by atoms with van der Waals surface area (Å²) in [5.41, 5.74) is 0.225. The van der Waals surface area contributed by atoms with E-state index in [0.29, 0.717) is 16.5 Å². The molecule has 12 heteroatoms. The predicted molar refractivity (Wildman–Crippen MR) is 110 cm³/mol. The van der Waals surface area contributed by atoms with Gasteiger partial charge < -0.3 is 5.32 Å². The lowest BCUT2D eigenvalue weighted by atomic mass is 9.83. The molecule has 0 bridgehead atoms. The van der Waals surface area contributed by atoms with E-state index in [1.807, 2.05) is 6.92 Å². The molecule has 0 aliphatic rings. The molecule has 0 saturated heterocycles. The summed E-state index contributed by atoms with van der Waals surface area (Å²) in [6, 6.07) is 8.19. The predicted octanol–water partition coefficient (Wildman–Crippen LogP) is 2.46. The molecule has 3 heterocycles. The van der Waals surface area contributed by atoms with Crippen molar-refractivity contribution in [1.82, 2.24) is 40.3 Å². The van der Waals surface area contributed by atoms with Gasteiger partial charge in [-0.1, -0.05) is 22.9 Å². The molecular weight excluding hydrogens is 442 g/mol. The van der Waals surface area contributed by atoms with Crippen LogP contribution in [-0.2, 0) is 12.5 Å². The third kappa shape index (κ3) is 4.19. The molecule has 1 amide bonds. The van der Waals surface area contributed by atoms with Crippen molar-refractivity contribution in [3.8, 4) is 5.69 Å². The quantitative estimate of drug-likeness (QED) is 0.445. The van der Waals surface area contributed by atoms with Crippen LogP contribution >= 0.6 is 11.6 Å². The van der Waals surface area contributed by atoms with Gasteiger partial charge in [0.2, 0.25) is 0 Å². The summed E-state index contributed by atoms with van der Waals surface area (Å²) in [5, 5.41) is 19.1. The number of carbonyl (C=O) groups is 1. The highest BCUT2D eigenvalue weighted by molar-refractivity contribution is 6.29. The van der Waals surface area contributed by atoms with Crippen LogP contribution in [0.15, 0.2) is 48.8 Å². The first-order valence-electron chi connectivity index (χ1n) is 9.42. The molecule has 1 N–H and O–H groups in total. The second-order valence-electron chi connectivity index (χ2n) is 7.22. The molecule has 4 aromatic rings. The van der Waals surface area contributed by atoms with Crippen molar-refractivity contribution in [1.29, 1.82) is 0 Å². The summed E-state index contributed by atoms with van der Waals surface area (Å²) in [5.74, 6) is -2.10. The van der Waals surface area contributed by atoms with Crippen LogP contribution in [0.25, 0.3) is 5.69 Å². The fourth-order valence-corrected chi connectivity index (χ4v) is 3.29. The molecule has 3 aromatic heterocycles. The fourth-order valence-electron chi connectivity index (χ4n) is 3.13. The number of nitrogens with zero attached hydrogens (tertiary/aromatic N) is 7. The molecule has 4 rings (SSSR count). The van der Waals surface area contributed by atoms with Gasteiger partial charge >= 0.3 is 0 Å². The van der Waals surface area contributed by atoms with Crippen LogP contribution in [0.5, 0.6) is 0 Å². The van der Waals surface area contributed by atoms with Crippen molar-refractivity contribution >= 4 is 17.5 Å². The van der Waals surface area contributed by atoms with Crippen molar-refractivity contribution in [3.05, 3.63) is 82.7 Å². The van der Waals surface area contributed by atoms with Gasteiger partial charge in [0.15, 0.2) is 11.5 Å². The van der Waals surface area contributed by atoms with Crippen molar-refractivity contribution in [2.75, 3.05) is 6.54 Å². The first kappa shape index (κ1) is 21.5. The maximum Gasteiger partial charge on any atom is 0.273 e. The van der Waals surface area contributed by atoms with Gasteiger partial charge in [0.1, 0.15) is 16.7 Å². The highest BCUT2D eigenvalue weighted by Crippen LogP contribution is 2.29. The molecule has 0 radical (unpaired) electrons. The minimum Gasteiger partial charge on any atom is -0.349 e. The minimum absolute atomic E-state index is 0.0366. The lowest BCUT2D eigenvalue weighted by Crippen LogP contribution is -2.40. The lowest BCUT2D eigenvalue weighted by molar-refractivity contribution is 0.0941. The zero-order chi connectivity index (χ0) is 22.9. The number of aromatic nitrogens is 7. The van der Waals surface area contributed by atoms with E-state index in [1.54, 1.807) is 31.4 Å². The average Bonchev–Trinajstić information content (AvgIpc) is 3.41. The fraction of sp³-hybridized carbons (Fsp3) is 0.200. The minimum atomic E-state index is -0.853. The molecule has 0 saturated carbocycles. The Bertz CT molecular complexity index is 1290. The number of hydrogen-bond donors (Lipinski definition) is 1. The largest absolute Gasteiger partial charge is 0.349 e. The zero-order valence-electron chi connectivity index (χ0n) is 17.0. The average molecular weight is 459 g/mol. The molecule has 0 fully saturated rings. The van der Waals surface area contributed by atoms with Gasteiger partial charge in [0.05, 0.1) is 29.2 Å². The van der Waals surface area contributed by atoms with E-state index in [-0.39, 0.29) is 17.9 Å². The molecule has 0 spiro atoms. The van der Waals surface area contributed by atoms with Crippen molar-refractivity contribution in [2.45, 2.75) is 12.3 Å². The van der Waals surface area contributed by atoms with E-state index >= 15 is 0 Å². The Morgan fingerprint density at radius 3 is 2.72 bits per heavy atom. The summed E-state index contributed by atoms with van der Waals surface area (Å²) in [6.07, 6.45) is 2.84. The van der Waals surface area contributed by atoms with Crippen molar-refractivity contribution in [2.24, 2.45) is 7.05 Å². The van der Waals surface area contributed by atoms with Crippen LogP contribution < -0.4 is 5.32 Å². The van der Waals surface area contributed by atoms with E-state index < -0.39 is 23.0 Å². The Labute approximate surface area is 186 Å². The summed E-state index contributed by atoms with van der Waals surface area (Å²) in [4.78, 5) is 18.5. The summed E-state index contributed by atoms with van der Waals surface area (Å²) >= 11 is 6.07. The molecular formula is C20H17ClF2N8O. The molecule has 1 atom stereocenters. The first-order valence-corrected chi connectivity index (χ1v) is 9.80. The lowest BCUT2D eigenvalue weighted by Gasteiger charge is -2.27. The van der Waals surface area contributed by atoms with Crippen LogP contribution in [0.1, 0.15) is 28.8 Å². The van der Waals surface area contributed by atoms with E-state index in [1.165, 1.54) is 17.1 Å². The third-order valence-electron chi connectivity index (χ3n) is 4.93. The van der Waals surface area contributed by atoms with Gasteiger partial charge in [-0.2, -0.15) is 15.0 Å². The second-order valence-corrected chi connectivity index (χ2v) is 7.61. The highest BCUT2D eigenvalue weighted by atomic mass is 35.5. The number of amides is 1. The van der Waals surface area contributed by atoms with Gasteiger partial charge in [-0.15, -0.1) is 5.10 Å². The Hall–Kier alpha value is -3.73.